The average molecular weight is 388 g/mol. The SMILES string of the molecule is CCOP(COC1C[C@H](F)C(n2cnc3c(OC)ncnc32)O1)OCC. The van der Waals surface area contributed by atoms with Crippen molar-refractivity contribution in [2.24, 2.45) is 0 Å². The van der Waals surface area contributed by atoms with Crippen molar-refractivity contribution in [3.8, 4) is 5.88 Å². The van der Waals surface area contributed by atoms with Gasteiger partial charge in [0, 0.05) is 6.42 Å². The molecular weight excluding hydrogens is 366 g/mol. The summed E-state index contributed by atoms with van der Waals surface area (Å²) < 4.78 is 43.6. The smallest absolute Gasteiger partial charge is 0.245 e. The number of methoxy groups -OCH3 is 1. The molecule has 2 aromatic rings. The zero-order valence-electron chi connectivity index (χ0n) is 14.9. The molecule has 0 spiro atoms. The predicted molar refractivity (Wildman–Crippen MR) is 91.4 cm³/mol. The third-order valence-electron chi connectivity index (χ3n) is 3.72. The van der Waals surface area contributed by atoms with E-state index in [-0.39, 0.29) is 12.8 Å². The first-order valence-electron chi connectivity index (χ1n) is 8.33. The van der Waals surface area contributed by atoms with E-state index in [1.54, 1.807) is 0 Å². The summed E-state index contributed by atoms with van der Waals surface area (Å²) in [5.41, 5.74) is 0.891. The second kappa shape index (κ2) is 8.96. The summed E-state index contributed by atoms with van der Waals surface area (Å²) in [4.78, 5) is 12.4. The van der Waals surface area contributed by atoms with Crippen LogP contribution in [-0.4, -0.2) is 58.7 Å². The van der Waals surface area contributed by atoms with Crippen LogP contribution in [0.2, 0.25) is 0 Å². The lowest BCUT2D eigenvalue weighted by atomic mass is 10.3. The largest absolute Gasteiger partial charge is 0.479 e. The Morgan fingerprint density at radius 3 is 2.73 bits per heavy atom. The topological polar surface area (TPSA) is 89.8 Å². The van der Waals surface area contributed by atoms with Crippen LogP contribution in [0.5, 0.6) is 5.88 Å². The van der Waals surface area contributed by atoms with Crippen molar-refractivity contribution in [2.75, 3.05) is 26.7 Å². The van der Waals surface area contributed by atoms with Crippen LogP contribution in [0.1, 0.15) is 26.5 Å². The highest BCUT2D eigenvalue weighted by Gasteiger charge is 2.39. The number of ether oxygens (including phenoxy) is 3. The standard InChI is InChI=1S/C15H22FN4O5P/c1-4-23-26(24-5-2)9-22-11-6-10(16)15(25-11)20-8-19-12-13(20)17-7-18-14(12)21-3/h7-8,10-11,15H,4-6,9H2,1-3H3/t10-,11?,15?/m0/s1. The van der Waals surface area contributed by atoms with Gasteiger partial charge in [0.1, 0.15) is 12.7 Å². The summed E-state index contributed by atoms with van der Waals surface area (Å²) in [5, 5.41) is 0. The Hall–Kier alpha value is -1.45. The second-order valence-corrected chi connectivity index (χ2v) is 6.82. The number of rotatable bonds is 9. The molecule has 3 atom stereocenters. The van der Waals surface area contributed by atoms with Gasteiger partial charge in [-0.1, -0.05) is 0 Å². The molecule has 0 N–H and O–H groups in total. The van der Waals surface area contributed by atoms with E-state index in [2.05, 4.69) is 15.0 Å². The zero-order chi connectivity index (χ0) is 18.5. The molecular formula is C15H22FN4O5P. The summed E-state index contributed by atoms with van der Waals surface area (Å²) in [6.07, 6.45) is 0.304. The van der Waals surface area contributed by atoms with Gasteiger partial charge in [-0.2, -0.15) is 4.98 Å². The van der Waals surface area contributed by atoms with E-state index in [9.17, 15) is 4.39 Å². The van der Waals surface area contributed by atoms with Gasteiger partial charge in [-0.3, -0.25) is 4.57 Å². The van der Waals surface area contributed by atoms with E-state index in [4.69, 9.17) is 23.3 Å². The first-order valence-corrected chi connectivity index (χ1v) is 9.70. The first-order chi connectivity index (χ1) is 12.7. The third kappa shape index (κ3) is 4.10. The Balaban J connectivity index is 1.67. The summed E-state index contributed by atoms with van der Waals surface area (Å²) in [7, 11) is 0.323. The van der Waals surface area contributed by atoms with Crippen LogP contribution >= 0.6 is 8.38 Å². The molecule has 0 radical (unpaired) electrons. The van der Waals surface area contributed by atoms with Gasteiger partial charge in [-0.15, -0.1) is 0 Å². The Bertz CT molecular complexity index is 714. The minimum Gasteiger partial charge on any atom is -0.479 e. The molecule has 9 nitrogen and oxygen atoms in total. The molecule has 0 saturated carbocycles. The van der Waals surface area contributed by atoms with Gasteiger partial charge in [0.2, 0.25) is 5.88 Å². The van der Waals surface area contributed by atoms with Gasteiger partial charge in [0.25, 0.3) is 0 Å². The maximum atomic E-state index is 14.5. The van der Waals surface area contributed by atoms with Crippen molar-refractivity contribution in [2.45, 2.75) is 39.0 Å². The molecule has 0 amide bonds. The lowest BCUT2D eigenvalue weighted by molar-refractivity contribution is -0.142. The lowest BCUT2D eigenvalue weighted by Crippen LogP contribution is -2.17. The number of hydrogen-bond acceptors (Lipinski definition) is 8. The van der Waals surface area contributed by atoms with E-state index in [1.165, 1.54) is 24.3 Å². The van der Waals surface area contributed by atoms with E-state index >= 15 is 0 Å². The van der Waals surface area contributed by atoms with Crippen LogP contribution in [0, 0.1) is 0 Å². The highest BCUT2D eigenvalue weighted by atomic mass is 31.2. The third-order valence-corrected chi connectivity index (χ3v) is 5.18. The number of fused-ring (bicyclic) bond motifs is 1. The molecule has 1 aliphatic heterocycles. The Kier molecular flexibility index (Phi) is 6.66. The molecule has 2 aromatic heterocycles. The van der Waals surface area contributed by atoms with Crippen LogP contribution < -0.4 is 4.74 Å². The summed E-state index contributed by atoms with van der Waals surface area (Å²) in [5.74, 6) is 0.328. The molecule has 26 heavy (non-hydrogen) atoms. The fourth-order valence-corrected chi connectivity index (χ4v) is 3.74. The van der Waals surface area contributed by atoms with Crippen molar-refractivity contribution in [1.82, 2.24) is 19.5 Å². The molecule has 3 rings (SSSR count). The van der Waals surface area contributed by atoms with Gasteiger partial charge in [-0.25, -0.2) is 14.4 Å². The number of aromatic nitrogens is 4. The van der Waals surface area contributed by atoms with Crippen molar-refractivity contribution in [3.05, 3.63) is 12.7 Å². The minimum absolute atomic E-state index is 0.105. The molecule has 1 aliphatic rings. The molecule has 0 bridgehead atoms. The number of nitrogens with zero attached hydrogens (tertiary/aromatic N) is 4. The fourth-order valence-electron chi connectivity index (χ4n) is 2.65. The van der Waals surface area contributed by atoms with Crippen molar-refractivity contribution >= 4 is 19.5 Å². The van der Waals surface area contributed by atoms with Gasteiger partial charge >= 0.3 is 0 Å². The number of hydrogen-bond donors (Lipinski definition) is 0. The van der Waals surface area contributed by atoms with Gasteiger partial charge < -0.3 is 23.3 Å². The van der Waals surface area contributed by atoms with E-state index in [0.29, 0.717) is 30.3 Å². The van der Waals surface area contributed by atoms with E-state index in [1.807, 2.05) is 13.8 Å². The molecule has 1 saturated heterocycles. The Labute approximate surface area is 151 Å². The molecule has 2 unspecified atom stereocenters. The maximum absolute atomic E-state index is 14.5. The second-order valence-electron chi connectivity index (χ2n) is 5.38. The van der Waals surface area contributed by atoms with Gasteiger partial charge in [0.05, 0.1) is 26.7 Å². The molecule has 11 heteroatoms. The summed E-state index contributed by atoms with van der Waals surface area (Å²) in [6.45, 7) is 4.82. The van der Waals surface area contributed by atoms with E-state index < -0.39 is 27.1 Å². The number of halogens is 1. The predicted octanol–water partition coefficient (Wildman–Crippen LogP) is 2.78. The van der Waals surface area contributed by atoms with Crippen LogP contribution in [0.4, 0.5) is 4.39 Å². The van der Waals surface area contributed by atoms with Gasteiger partial charge in [0.15, 0.2) is 38.2 Å². The van der Waals surface area contributed by atoms with Crippen molar-refractivity contribution in [3.63, 3.8) is 0 Å². The molecule has 0 aromatic carbocycles. The van der Waals surface area contributed by atoms with Crippen LogP contribution in [0.25, 0.3) is 11.2 Å². The molecule has 1 fully saturated rings. The van der Waals surface area contributed by atoms with Crippen molar-refractivity contribution < 1.29 is 27.6 Å². The molecule has 144 valence electrons. The normalized spacial score (nSPS) is 23.2. The Morgan fingerprint density at radius 2 is 2.04 bits per heavy atom. The molecule has 0 aliphatic carbocycles. The fraction of sp³-hybridized carbons (Fsp3) is 0.667. The lowest BCUT2D eigenvalue weighted by Gasteiger charge is -2.19. The van der Waals surface area contributed by atoms with Crippen LogP contribution in [0.3, 0.4) is 0 Å². The quantitative estimate of drug-likeness (QED) is 0.606. The molecule has 3 heterocycles. The van der Waals surface area contributed by atoms with Crippen molar-refractivity contribution in [1.29, 1.82) is 0 Å². The monoisotopic (exact) mass is 388 g/mol. The van der Waals surface area contributed by atoms with E-state index in [0.717, 1.165) is 0 Å². The minimum atomic E-state index is -1.26. The summed E-state index contributed by atoms with van der Waals surface area (Å²) >= 11 is 0. The highest BCUT2D eigenvalue weighted by molar-refractivity contribution is 7.47. The first kappa shape index (κ1) is 19.3. The summed E-state index contributed by atoms with van der Waals surface area (Å²) in [6, 6.07) is 0. The number of imidazole rings is 1. The maximum Gasteiger partial charge on any atom is 0.245 e. The Morgan fingerprint density at radius 1 is 1.27 bits per heavy atom. The average Bonchev–Trinajstić information content (AvgIpc) is 3.23. The van der Waals surface area contributed by atoms with Gasteiger partial charge in [-0.05, 0) is 13.8 Å². The number of alkyl halides is 1. The van der Waals surface area contributed by atoms with Crippen LogP contribution in [-0.2, 0) is 18.5 Å². The zero-order valence-corrected chi connectivity index (χ0v) is 15.8. The highest BCUT2D eigenvalue weighted by Crippen LogP contribution is 2.40. The van der Waals surface area contributed by atoms with Crippen LogP contribution in [0.15, 0.2) is 12.7 Å².